The number of hydrogen-bond donors (Lipinski definition) is 3. The first kappa shape index (κ1) is 26.8. The van der Waals surface area contributed by atoms with Crippen molar-refractivity contribution in [3.05, 3.63) is 88.7 Å². The lowest BCUT2D eigenvalue weighted by Crippen LogP contribution is -2.23. The van der Waals surface area contributed by atoms with Crippen molar-refractivity contribution in [2.75, 3.05) is 7.11 Å². The Morgan fingerprint density at radius 1 is 0.976 bits per heavy atom. The summed E-state index contributed by atoms with van der Waals surface area (Å²) < 4.78 is 11.6. The molecule has 0 radical (unpaired) electrons. The molecule has 1 saturated carbocycles. The molecule has 2 aliphatic rings. The Balaban J connectivity index is 1.30. The van der Waals surface area contributed by atoms with Gasteiger partial charge in [0.2, 0.25) is 5.75 Å². The standard InChI is InChI=1S/C34H34NO6/c1-34(14-3-4-15-34)28-17-23(19-35-28)22-7-5-6-20(16-22)8-13-25-30(38)33(40-2)31(39)29-26(37)18-27(41-32(25)29)21-9-11-24(36)12-10-21/h5-7,9-12,16-17,19,27,36H,3-4,8,13-15,18H2,1-2H3,(H2,37,38,39)/q-1/p+1. The van der Waals surface area contributed by atoms with E-state index < -0.39 is 6.10 Å². The van der Waals surface area contributed by atoms with Crippen molar-refractivity contribution < 1.29 is 29.6 Å². The molecule has 41 heavy (non-hydrogen) atoms. The second kappa shape index (κ2) is 10.5. The number of aryl methyl sites for hydroxylation is 1. The van der Waals surface area contributed by atoms with Gasteiger partial charge in [0.15, 0.2) is 17.1 Å². The van der Waals surface area contributed by atoms with Crippen LogP contribution in [0.1, 0.15) is 73.1 Å². The van der Waals surface area contributed by atoms with E-state index in [9.17, 15) is 20.1 Å². The number of nitrogens with zero attached hydrogens (tertiary/aromatic N) is 1. The van der Waals surface area contributed by atoms with Crippen LogP contribution in [-0.4, -0.2) is 33.0 Å². The highest BCUT2D eigenvalue weighted by Crippen LogP contribution is 2.52. The van der Waals surface area contributed by atoms with Crippen molar-refractivity contribution in [3.8, 4) is 39.9 Å². The number of carbonyl (C=O) groups excluding carboxylic acids is 1. The van der Waals surface area contributed by atoms with Gasteiger partial charge in [0.25, 0.3) is 0 Å². The first-order valence-electron chi connectivity index (χ1n) is 14.2. The number of ketones is 1. The Morgan fingerprint density at radius 2 is 1.73 bits per heavy atom. The average molecular weight is 554 g/mol. The van der Waals surface area contributed by atoms with Crippen LogP contribution >= 0.6 is 0 Å². The summed E-state index contributed by atoms with van der Waals surface area (Å²) in [5, 5.41) is 31.7. The third-order valence-corrected chi connectivity index (χ3v) is 8.73. The minimum Gasteiger partial charge on any atom is -0.667 e. The molecule has 0 amide bonds. The molecule has 4 aromatic rings. The van der Waals surface area contributed by atoms with Crippen LogP contribution in [0.4, 0.5) is 0 Å². The molecule has 1 aromatic heterocycles. The summed E-state index contributed by atoms with van der Waals surface area (Å²) in [5.74, 6) is -0.368. The largest absolute Gasteiger partial charge is 0.667 e. The zero-order valence-electron chi connectivity index (χ0n) is 23.4. The molecule has 1 atom stereocenters. The summed E-state index contributed by atoms with van der Waals surface area (Å²) >= 11 is 0. The van der Waals surface area contributed by atoms with E-state index in [2.05, 4.69) is 25.1 Å². The lowest BCUT2D eigenvalue weighted by atomic mass is 9.85. The molecule has 1 unspecified atom stereocenters. The predicted molar refractivity (Wildman–Crippen MR) is 157 cm³/mol. The molecule has 4 N–H and O–H groups in total. The molecule has 2 heterocycles. The number of benzene rings is 3. The van der Waals surface area contributed by atoms with Gasteiger partial charge in [0.1, 0.15) is 24.0 Å². The fourth-order valence-corrected chi connectivity index (χ4v) is 6.32. The zero-order chi connectivity index (χ0) is 28.7. The summed E-state index contributed by atoms with van der Waals surface area (Å²) in [4.78, 5) is 15.8. The molecule has 212 valence electrons. The van der Waals surface area contributed by atoms with Gasteiger partial charge in [-0.2, -0.15) is 11.9 Å². The number of fused-ring (bicyclic) bond motifs is 1. The van der Waals surface area contributed by atoms with E-state index in [1.807, 2.05) is 18.3 Å². The van der Waals surface area contributed by atoms with Crippen LogP contribution < -0.4 is 14.5 Å². The maximum Gasteiger partial charge on any atom is 0.335 e. The van der Waals surface area contributed by atoms with E-state index in [0.717, 1.165) is 22.3 Å². The van der Waals surface area contributed by atoms with Crippen LogP contribution in [0.2, 0.25) is 0 Å². The summed E-state index contributed by atoms with van der Waals surface area (Å²) in [7, 11) is 1.36. The third kappa shape index (κ3) is 4.90. The molecular weight excluding hydrogens is 518 g/mol. The average Bonchev–Trinajstić information content (AvgIpc) is 3.64. The van der Waals surface area contributed by atoms with Gasteiger partial charge in [-0.05, 0) is 65.5 Å². The van der Waals surface area contributed by atoms with E-state index in [1.165, 1.54) is 38.5 Å². The van der Waals surface area contributed by atoms with E-state index in [1.54, 1.807) is 24.3 Å². The monoisotopic (exact) mass is 553 g/mol. The zero-order valence-corrected chi connectivity index (χ0v) is 23.4. The van der Waals surface area contributed by atoms with Crippen molar-refractivity contribution in [2.45, 2.75) is 63.4 Å². The quantitative estimate of drug-likeness (QED) is 0.226. The minimum absolute atomic E-state index is 0.0566. The Morgan fingerprint density at radius 3 is 2.46 bits per heavy atom. The normalized spacial score (nSPS) is 17.7. The maximum atomic E-state index is 11.1. The van der Waals surface area contributed by atoms with Crippen LogP contribution in [-0.2, 0) is 18.3 Å². The van der Waals surface area contributed by atoms with Crippen molar-refractivity contribution in [1.82, 2.24) is 4.98 Å². The molecule has 1 fully saturated rings. The highest BCUT2D eigenvalue weighted by molar-refractivity contribution is 6.05. The summed E-state index contributed by atoms with van der Waals surface area (Å²) in [6.45, 7) is 2.31. The summed E-state index contributed by atoms with van der Waals surface area (Å²) in [5.41, 5.74) is 5.91. The van der Waals surface area contributed by atoms with Crippen molar-refractivity contribution in [2.24, 2.45) is 0 Å². The third-order valence-electron chi connectivity index (χ3n) is 8.73. The molecule has 3 aromatic carbocycles. The molecule has 6 rings (SSSR count). The minimum atomic E-state index is -0.557. The maximum absolute atomic E-state index is 11.1. The van der Waals surface area contributed by atoms with Crippen LogP contribution in [0.25, 0.3) is 11.1 Å². The Hall–Kier alpha value is -4.39. The highest BCUT2D eigenvalue weighted by atomic mass is 16.5. The van der Waals surface area contributed by atoms with E-state index >= 15 is 0 Å². The van der Waals surface area contributed by atoms with Crippen LogP contribution in [0.3, 0.4) is 0 Å². The fraction of sp³-hybridized carbons (Fsp3) is 0.324. The number of aromatic nitrogens is 1. The number of phenolic OH excluding ortho intramolecular Hbond substituents is 3. The van der Waals surface area contributed by atoms with Gasteiger partial charge >= 0.3 is 5.78 Å². The number of phenols is 3. The first-order chi connectivity index (χ1) is 19.8. The van der Waals surface area contributed by atoms with E-state index in [0.29, 0.717) is 18.4 Å². The predicted octanol–water partition coefficient (Wildman–Crippen LogP) is 6.47. The van der Waals surface area contributed by atoms with Crippen molar-refractivity contribution in [1.29, 1.82) is 0 Å². The van der Waals surface area contributed by atoms with Gasteiger partial charge in [-0.3, -0.25) is 4.79 Å². The van der Waals surface area contributed by atoms with Crippen molar-refractivity contribution in [3.63, 3.8) is 0 Å². The number of hydrogen-bond acceptors (Lipinski definition) is 5. The first-order valence-corrected chi connectivity index (χ1v) is 14.2. The molecule has 0 bridgehead atoms. The summed E-state index contributed by atoms with van der Waals surface area (Å²) in [6.07, 6.45) is 7.34. The van der Waals surface area contributed by atoms with Gasteiger partial charge in [0, 0.05) is 5.56 Å². The lowest BCUT2D eigenvalue weighted by Gasteiger charge is -2.28. The molecule has 7 nitrogen and oxygen atoms in total. The van der Waals surface area contributed by atoms with Gasteiger partial charge in [-0.15, -0.1) is 0 Å². The van der Waals surface area contributed by atoms with Crippen LogP contribution in [0.5, 0.6) is 28.7 Å². The Kier molecular flexibility index (Phi) is 6.89. The lowest BCUT2D eigenvalue weighted by molar-refractivity contribution is 0.197. The number of rotatable bonds is 7. The topological polar surface area (TPSA) is 115 Å². The van der Waals surface area contributed by atoms with Gasteiger partial charge in [-0.25, -0.2) is 0 Å². The molecule has 7 heteroatoms. The van der Waals surface area contributed by atoms with E-state index in [4.69, 9.17) is 14.5 Å². The number of ether oxygens (including phenoxy) is 2. The van der Waals surface area contributed by atoms with Crippen molar-refractivity contribution >= 4 is 5.78 Å². The second-order valence-electron chi connectivity index (χ2n) is 11.5. The highest BCUT2D eigenvalue weighted by Gasteiger charge is 2.40. The smallest absolute Gasteiger partial charge is 0.335 e. The number of methoxy groups -OCH3 is 1. The SMILES string of the molecule is COc1c(O)c(CCc2cccc(-c3c[n-]c(C4(C)CCCC4)c3)c2)c2c(c1O)C(=[OH+])CC(c1ccc(O)cc1)O2. The van der Waals surface area contributed by atoms with E-state index in [-0.39, 0.29) is 51.9 Å². The van der Waals surface area contributed by atoms with Crippen LogP contribution in [0, 0.1) is 0 Å². The van der Waals surface area contributed by atoms with Crippen LogP contribution in [0.15, 0.2) is 60.8 Å². The molecule has 0 spiro atoms. The molecular formula is C34H35NO6. The van der Waals surface area contributed by atoms with Gasteiger partial charge in [-0.1, -0.05) is 62.2 Å². The molecule has 1 aliphatic carbocycles. The van der Waals surface area contributed by atoms with Gasteiger partial charge < -0.3 is 29.8 Å². The molecule has 1 aliphatic heterocycles. The van der Waals surface area contributed by atoms with Gasteiger partial charge in [0.05, 0.1) is 7.11 Å². The summed E-state index contributed by atoms with van der Waals surface area (Å²) in [6, 6.07) is 17.1. The number of aromatic hydroxyl groups is 3. The fourth-order valence-electron chi connectivity index (χ4n) is 6.32. The second-order valence-corrected chi connectivity index (χ2v) is 11.5. The Labute approximate surface area is 239 Å². The molecule has 0 saturated heterocycles. The Bertz CT molecular complexity index is 1600.